The van der Waals surface area contributed by atoms with Gasteiger partial charge in [-0.1, -0.05) is 165 Å². The lowest BCUT2D eigenvalue weighted by Crippen LogP contribution is -2.32. The fourth-order valence-corrected chi connectivity index (χ4v) is 20.0. The molecule has 0 amide bonds. The molecule has 0 saturated carbocycles. The monoisotopic (exact) mass is 688 g/mol. The van der Waals surface area contributed by atoms with E-state index in [1.165, 1.54) is 78.9 Å². The minimum Gasteiger partial charge on any atom is -0.464 e. The van der Waals surface area contributed by atoms with Crippen molar-refractivity contribution in [2.24, 2.45) is 0 Å². The van der Waals surface area contributed by atoms with E-state index in [1.807, 2.05) is 6.26 Å². The largest absolute Gasteiger partial charge is 0.464 e. The Hall–Kier alpha value is -3.93. The number of aryl methyl sites for hydroxylation is 1. The van der Waals surface area contributed by atoms with E-state index in [2.05, 4.69) is 172 Å². The Kier molecular flexibility index (Phi) is 9.20. The summed E-state index contributed by atoms with van der Waals surface area (Å²) in [5, 5.41) is 0. The summed E-state index contributed by atoms with van der Waals surface area (Å²) < 4.78 is 6.32. The highest BCUT2D eigenvalue weighted by molar-refractivity contribution is 6.99. The van der Waals surface area contributed by atoms with Gasteiger partial charge < -0.3 is 4.42 Å². The van der Waals surface area contributed by atoms with Crippen LogP contribution in [0, 0.1) is 6.92 Å². The van der Waals surface area contributed by atoms with E-state index in [-0.39, 0.29) is 10.8 Å². The van der Waals surface area contributed by atoms with E-state index in [1.54, 1.807) is 0 Å². The molecule has 0 radical (unpaired) electrons. The zero-order chi connectivity index (χ0) is 35.4. The van der Waals surface area contributed by atoms with Crippen LogP contribution in [0.2, 0.25) is 12.1 Å². The van der Waals surface area contributed by atoms with E-state index in [4.69, 9.17) is 4.42 Å². The van der Waals surface area contributed by atoms with Crippen molar-refractivity contribution < 1.29 is 4.42 Å². The fraction of sp³-hybridized carbons (Fsp3) is 0.319. The molecule has 0 saturated heterocycles. The van der Waals surface area contributed by atoms with Crippen molar-refractivity contribution in [2.75, 3.05) is 0 Å². The van der Waals surface area contributed by atoms with Gasteiger partial charge in [0.25, 0.3) is 0 Å². The molecular formula is C47H52OSi2. The third kappa shape index (κ3) is 6.07. The molecule has 2 atom stereocenters. The van der Waals surface area contributed by atoms with Gasteiger partial charge in [-0.2, -0.15) is 0 Å². The summed E-state index contributed by atoms with van der Waals surface area (Å²) in [5.41, 5.74) is 17.9. The maximum atomic E-state index is 6.32. The molecule has 0 bridgehead atoms. The first-order chi connectivity index (χ1) is 23.9. The predicted octanol–water partition coefficient (Wildman–Crippen LogP) is 12.8. The SMILES string of the molecule is CC[Si](CC)=[Si](C1C(c2ccc(C(C)(C)C)cc2C)=Cc2ccccc21)C1C(c2ccc(C(C)(C)C)cc2)=C(c2ccco2)c2ccccc21. The van der Waals surface area contributed by atoms with Crippen molar-refractivity contribution in [3.8, 4) is 0 Å². The van der Waals surface area contributed by atoms with Crippen molar-refractivity contribution in [1.82, 2.24) is 0 Å². The van der Waals surface area contributed by atoms with Crippen molar-refractivity contribution in [3.05, 3.63) is 165 Å². The highest BCUT2D eigenvalue weighted by atomic mass is 28.9. The lowest BCUT2D eigenvalue weighted by molar-refractivity contribution is 0.554. The Morgan fingerprint density at radius 2 is 1.28 bits per heavy atom. The molecule has 1 nitrogen and oxygen atoms in total. The van der Waals surface area contributed by atoms with Crippen molar-refractivity contribution in [3.63, 3.8) is 0 Å². The molecule has 2 aliphatic rings. The molecule has 0 aliphatic heterocycles. The van der Waals surface area contributed by atoms with Gasteiger partial charge >= 0.3 is 0 Å². The summed E-state index contributed by atoms with van der Waals surface area (Å²) in [7, 11) is -1.90. The zero-order valence-corrected chi connectivity index (χ0v) is 33.4. The van der Waals surface area contributed by atoms with E-state index in [0.717, 1.165) is 5.76 Å². The quantitative estimate of drug-likeness (QED) is 0.155. The van der Waals surface area contributed by atoms with E-state index >= 15 is 0 Å². The van der Waals surface area contributed by atoms with Crippen LogP contribution in [0.1, 0.15) is 122 Å². The maximum Gasteiger partial charge on any atom is 0.134 e. The molecular weight excluding hydrogens is 637 g/mol. The fourth-order valence-electron chi connectivity index (χ4n) is 8.47. The topological polar surface area (TPSA) is 13.1 Å². The van der Waals surface area contributed by atoms with Crippen LogP contribution < -0.4 is 0 Å². The average Bonchev–Trinajstić information content (AvgIpc) is 3.83. The van der Waals surface area contributed by atoms with E-state index in [0.29, 0.717) is 11.1 Å². The van der Waals surface area contributed by atoms with Crippen LogP contribution in [0.4, 0.5) is 0 Å². The molecule has 1 heterocycles. The molecule has 50 heavy (non-hydrogen) atoms. The van der Waals surface area contributed by atoms with Gasteiger partial charge in [-0.25, -0.2) is 0 Å². The van der Waals surface area contributed by atoms with Gasteiger partial charge in [0.15, 0.2) is 0 Å². The Balaban J connectivity index is 1.53. The number of hydrogen-bond donors (Lipinski definition) is 0. The minimum absolute atomic E-state index is 0.0952. The Bertz CT molecular complexity index is 2140. The number of benzene rings is 4. The second kappa shape index (κ2) is 13.3. The normalized spacial score (nSPS) is 17.1. The van der Waals surface area contributed by atoms with E-state index < -0.39 is 15.8 Å². The highest BCUT2D eigenvalue weighted by Crippen LogP contribution is 2.55. The first-order valence-corrected chi connectivity index (χ1v) is 23.1. The summed E-state index contributed by atoms with van der Waals surface area (Å²) in [4.78, 5) is 0. The summed E-state index contributed by atoms with van der Waals surface area (Å²) in [5.74, 6) is 0.981. The summed E-state index contributed by atoms with van der Waals surface area (Å²) >= 11 is 0. The number of furan rings is 1. The van der Waals surface area contributed by atoms with Crippen LogP contribution in [-0.2, 0) is 10.8 Å². The standard InChI is InChI=1S/C47H52OSi2/c1-10-49(11-2)50(44-37-18-13-12-17-33(37)30-40(44)36-27-26-35(29-31(36)3)47(7,8)9)45-39-20-15-14-19-38(39)43(41-21-16-28-48-41)42(45)32-22-24-34(25-23-32)46(4,5)6/h12-30,44-45H,10-11H2,1-9H3. The molecule has 5 aromatic rings. The molecule has 2 unspecified atom stereocenters. The molecule has 0 fully saturated rings. The second-order valence-corrected chi connectivity index (χ2v) is 24.9. The van der Waals surface area contributed by atoms with Gasteiger partial charge in [-0.05, 0) is 99.0 Å². The van der Waals surface area contributed by atoms with Gasteiger partial charge in [0.05, 0.1) is 6.26 Å². The molecule has 4 aromatic carbocycles. The van der Waals surface area contributed by atoms with Crippen LogP contribution in [-0.4, -0.2) is 15.8 Å². The van der Waals surface area contributed by atoms with Gasteiger partial charge in [0.2, 0.25) is 0 Å². The number of rotatable bonds is 7. The van der Waals surface area contributed by atoms with Crippen molar-refractivity contribution in [1.29, 1.82) is 0 Å². The maximum absolute atomic E-state index is 6.32. The number of fused-ring (bicyclic) bond motifs is 2. The summed E-state index contributed by atoms with van der Waals surface area (Å²) in [6, 6.07) is 42.2. The van der Waals surface area contributed by atoms with Crippen molar-refractivity contribution in [2.45, 2.75) is 96.3 Å². The predicted molar refractivity (Wildman–Crippen MR) is 218 cm³/mol. The van der Waals surface area contributed by atoms with Gasteiger partial charge in [-0.3, -0.25) is 0 Å². The molecule has 3 heteroatoms. The first kappa shape index (κ1) is 34.5. The lowest BCUT2D eigenvalue weighted by Gasteiger charge is -2.31. The Morgan fingerprint density at radius 3 is 1.90 bits per heavy atom. The first-order valence-electron chi connectivity index (χ1n) is 18.5. The molecule has 0 spiro atoms. The van der Waals surface area contributed by atoms with Crippen LogP contribution in [0.25, 0.3) is 22.8 Å². The molecule has 1 aromatic heterocycles. The van der Waals surface area contributed by atoms with Crippen LogP contribution in [0.5, 0.6) is 0 Å². The van der Waals surface area contributed by atoms with Crippen LogP contribution in [0.15, 0.2) is 114 Å². The zero-order valence-electron chi connectivity index (χ0n) is 31.4. The smallest absolute Gasteiger partial charge is 0.134 e. The summed E-state index contributed by atoms with van der Waals surface area (Å²) in [6.07, 6.45) is 4.40. The highest BCUT2D eigenvalue weighted by Gasteiger charge is 2.43. The summed E-state index contributed by atoms with van der Waals surface area (Å²) in [6.45, 7) is 21.2. The Morgan fingerprint density at radius 1 is 0.640 bits per heavy atom. The Labute approximate surface area is 303 Å². The molecule has 7 rings (SSSR count). The number of hydrogen-bond acceptors (Lipinski definition) is 1. The van der Waals surface area contributed by atoms with E-state index in [9.17, 15) is 0 Å². The average molecular weight is 689 g/mol. The molecule has 254 valence electrons. The minimum atomic E-state index is -1.14. The van der Waals surface area contributed by atoms with Crippen LogP contribution >= 0.6 is 0 Å². The van der Waals surface area contributed by atoms with Gasteiger partial charge in [0.1, 0.15) is 5.76 Å². The van der Waals surface area contributed by atoms with Crippen molar-refractivity contribution >= 4 is 38.6 Å². The third-order valence-electron chi connectivity index (χ3n) is 11.1. The van der Waals surface area contributed by atoms with Gasteiger partial charge in [-0.15, -0.1) is 0 Å². The lowest BCUT2D eigenvalue weighted by atomic mass is 9.84. The van der Waals surface area contributed by atoms with Gasteiger partial charge in [0, 0.05) is 24.5 Å². The third-order valence-corrected chi connectivity index (χ3v) is 22.4. The molecule has 2 aliphatic carbocycles. The number of allylic oxidation sites excluding steroid dienone is 2. The molecule has 0 N–H and O–H groups in total. The van der Waals surface area contributed by atoms with Crippen LogP contribution in [0.3, 0.4) is 0 Å². The second-order valence-electron chi connectivity index (χ2n) is 16.3.